The third kappa shape index (κ3) is 4.47. The normalized spacial score (nSPS) is 11.9. The lowest BCUT2D eigenvalue weighted by Gasteiger charge is -2.13. The number of rotatable bonds is 6. The van der Waals surface area contributed by atoms with Crippen molar-refractivity contribution in [2.45, 2.75) is 39.7 Å². The van der Waals surface area contributed by atoms with E-state index in [0.717, 1.165) is 18.6 Å². The van der Waals surface area contributed by atoms with Gasteiger partial charge in [-0.25, -0.2) is 0 Å². The molecular weight excluding hydrogens is 214 g/mol. The summed E-state index contributed by atoms with van der Waals surface area (Å²) in [5.74, 6) is 0.704. The first kappa shape index (κ1) is 13.6. The zero-order valence-corrected chi connectivity index (χ0v) is 10.8. The van der Waals surface area contributed by atoms with Crippen LogP contribution in [0.25, 0.3) is 0 Å². The topological polar surface area (TPSA) is 38.3 Å². The number of carbonyl (C=O) groups is 1. The Balaban J connectivity index is 2.65. The molecule has 17 heavy (non-hydrogen) atoms. The van der Waals surface area contributed by atoms with Crippen molar-refractivity contribution in [3.05, 3.63) is 29.8 Å². The molecule has 0 aliphatic rings. The summed E-state index contributed by atoms with van der Waals surface area (Å²) in [7, 11) is 0. The van der Waals surface area contributed by atoms with Crippen LogP contribution in [0.3, 0.4) is 0 Å². The van der Waals surface area contributed by atoms with Crippen molar-refractivity contribution < 1.29 is 9.53 Å². The Labute approximate surface area is 103 Å². The molecule has 1 rings (SSSR count). The van der Waals surface area contributed by atoms with Crippen LogP contribution in [-0.4, -0.2) is 18.6 Å². The van der Waals surface area contributed by atoms with E-state index < -0.39 is 0 Å². The average molecular weight is 235 g/mol. The first-order valence-corrected chi connectivity index (χ1v) is 6.21. The van der Waals surface area contributed by atoms with Crippen molar-refractivity contribution in [3.63, 3.8) is 0 Å². The number of amides is 1. The second-order valence-corrected chi connectivity index (χ2v) is 4.12. The number of benzene rings is 1. The van der Waals surface area contributed by atoms with E-state index >= 15 is 0 Å². The monoisotopic (exact) mass is 235 g/mol. The molecule has 1 amide bonds. The molecule has 0 aromatic heterocycles. The average Bonchev–Trinajstić information content (AvgIpc) is 2.30. The molecule has 0 radical (unpaired) electrons. The highest BCUT2D eigenvalue weighted by atomic mass is 16.5. The third-order valence-corrected chi connectivity index (χ3v) is 2.51. The van der Waals surface area contributed by atoms with Gasteiger partial charge in [-0.1, -0.05) is 19.4 Å². The van der Waals surface area contributed by atoms with Gasteiger partial charge in [-0.3, -0.25) is 4.79 Å². The van der Waals surface area contributed by atoms with Crippen LogP contribution in [0.1, 0.15) is 44.0 Å². The molecule has 1 aromatic carbocycles. The van der Waals surface area contributed by atoms with E-state index in [0.29, 0.717) is 12.2 Å². The second-order valence-electron chi connectivity index (χ2n) is 4.12. The fourth-order valence-electron chi connectivity index (χ4n) is 1.71. The summed E-state index contributed by atoms with van der Waals surface area (Å²) in [6.07, 6.45) is 2.07. The molecular formula is C14H21NO2. The van der Waals surface area contributed by atoms with Gasteiger partial charge in [-0.2, -0.15) is 0 Å². The predicted molar refractivity (Wildman–Crippen MR) is 69.4 cm³/mol. The number of hydrogen-bond donors (Lipinski definition) is 1. The molecule has 3 heteroatoms. The Kier molecular flexibility index (Phi) is 5.53. The Bertz CT molecular complexity index is 363. The minimum absolute atomic E-state index is 0.0347. The van der Waals surface area contributed by atoms with Gasteiger partial charge in [0.15, 0.2) is 0 Å². The fourth-order valence-corrected chi connectivity index (χ4v) is 1.71. The Morgan fingerprint density at radius 3 is 2.82 bits per heavy atom. The summed E-state index contributed by atoms with van der Waals surface area (Å²) >= 11 is 0. The highest BCUT2D eigenvalue weighted by Gasteiger charge is 2.09. The number of nitrogens with one attached hydrogen (secondary N) is 1. The van der Waals surface area contributed by atoms with Gasteiger partial charge in [0.05, 0.1) is 6.61 Å². The molecule has 94 valence electrons. The van der Waals surface area contributed by atoms with Crippen molar-refractivity contribution in [3.8, 4) is 5.75 Å². The van der Waals surface area contributed by atoms with Gasteiger partial charge in [0, 0.05) is 11.6 Å². The molecule has 0 saturated carbocycles. The van der Waals surface area contributed by atoms with Crippen LogP contribution >= 0.6 is 0 Å². The molecule has 1 atom stereocenters. The van der Waals surface area contributed by atoms with Crippen molar-refractivity contribution in [1.82, 2.24) is 5.32 Å². The van der Waals surface area contributed by atoms with Crippen molar-refractivity contribution in [1.29, 1.82) is 0 Å². The van der Waals surface area contributed by atoms with Crippen LogP contribution in [0.2, 0.25) is 0 Å². The molecule has 1 N–H and O–H groups in total. The molecule has 0 spiro atoms. The van der Waals surface area contributed by atoms with Gasteiger partial charge in [-0.05, 0) is 38.5 Å². The standard InChI is InChI=1S/C14H21NO2/c1-4-7-11(3)15-14(16)12-8-6-9-13(10-12)17-5-2/h6,8-11H,4-5,7H2,1-3H3,(H,15,16)/t11-/m0/s1. The molecule has 0 fully saturated rings. The predicted octanol–water partition coefficient (Wildman–Crippen LogP) is 3.00. The van der Waals surface area contributed by atoms with E-state index in [9.17, 15) is 4.79 Å². The van der Waals surface area contributed by atoms with Gasteiger partial charge in [0.25, 0.3) is 5.91 Å². The number of hydrogen-bond acceptors (Lipinski definition) is 2. The Hall–Kier alpha value is -1.51. The molecule has 3 nitrogen and oxygen atoms in total. The van der Waals surface area contributed by atoms with Crippen LogP contribution in [0.5, 0.6) is 5.75 Å². The quantitative estimate of drug-likeness (QED) is 0.823. The Morgan fingerprint density at radius 1 is 1.41 bits per heavy atom. The Morgan fingerprint density at radius 2 is 2.18 bits per heavy atom. The van der Waals surface area contributed by atoms with E-state index in [4.69, 9.17) is 4.74 Å². The molecule has 0 aliphatic carbocycles. The minimum atomic E-state index is -0.0347. The molecule has 0 bridgehead atoms. The molecule has 0 aliphatic heterocycles. The molecule has 0 unspecified atom stereocenters. The smallest absolute Gasteiger partial charge is 0.251 e. The maximum Gasteiger partial charge on any atom is 0.251 e. The number of ether oxygens (including phenoxy) is 1. The summed E-state index contributed by atoms with van der Waals surface area (Å²) < 4.78 is 5.37. The highest BCUT2D eigenvalue weighted by Crippen LogP contribution is 2.13. The summed E-state index contributed by atoms with van der Waals surface area (Å²) in [5.41, 5.74) is 0.652. The fraction of sp³-hybridized carbons (Fsp3) is 0.500. The first-order valence-electron chi connectivity index (χ1n) is 6.21. The SMILES string of the molecule is CCC[C@H](C)NC(=O)c1cccc(OCC)c1. The lowest BCUT2D eigenvalue weighted by atomic mass is 10.1. The van der Waals surface area contributed by atoms with Crippen LogP contribution in [0.15, 0.2) is 24.3 Å². The zero-order chi connectivity index (χ0) is 12.7. The first-order chi connectivity index (χ1) is 8.17. The van der Waals surface area contributed by atoms with Crippen LogP contribution < -0.4 is 10.1 Å². The zero-order valence-electron chi connectivity index (χ0n) is 10.8. The van der Waals surface area contributed by atoms with E-state index in [2.05, 4.69) is 12.2 Å². The largest absolute Gasteiger partial charge is 0.494 e. The highest BCUT2D eigenvalue weighted by molar-refractivity contribution is 5.94. The van der Waals surface area contributed by atoms with E-state index in [1.807, 2.05) is 26.0 Å². The molecule has 1 aromatic rings. The van der Waals surface area contributed by atoms with Crippen LogP contribution in [0.4, 0.5) is 0 Å². The van der Waals surface area contributed by atoms with Gasteiger partial charge in [0.2, 0.25) is 0 Å². The summed E-state index contributed by atoms with van der Waals surface area (Å²) in [6.45, 7) is 6.67. The van der Waals surface area contributed by atoms with E-state index in [-0.39, 0.29) is 11.9 Å². The maximum atomic E-state index is 11.9. The van der Waals surface area contributed by atoms with E-state index in [1.54, 1.807) is 12.1 Å². The summed E-state index contributed by atoms with van der Waals surface area (Å²) in [6, 6.07) is 7.48. The molecule has 0 saturated heterocycles. The van der Waals surface area contributed by atoms with Crippen molar-refractivity contribution in [2.24, 2.45) is 0 Å². The van der Waals surface area contributed by atoms with Gasteiger partial charge in [-0.15, -0.1) is 0 Å². The van der Waals surface area contributed by atoms with Crippen LogP contribution in [-0.2, 0) is 0 Å². The van der Waals surface area contributed by atoms with Gasteiger partial charge < -0.3 is 10.1 Å². The minimum Gasteiger partial charge on any atom is -0.494 e. The van der Waals surface area contributed by atoms with E-state index in [1.165, 1.54) is 0 Å². The van der Waals surface area contributed by atoms with Crippen molar-refractivity contribution in [2.75, 3.05) is 6.61 Å². The van der Waals surface area contributed by atoms with Gasteiger partial charge >= 0.3 is 0 Å². The van der Waals surface area contributed by atoms with Crippen LogP contribution in [0, 0.1) is 0 Å². The number of carbonyl (C=O) groups excluding carboxylic acids is 1. The summed E-state index contributed by atoms with van der Waals surface area (Å²) in [5, 5.41) is 2.97. The third-order valence-electron chi connectivity index (χ3n) is 2.51. The second kappa shape index (κ2) is 6.94. The summed E-state index contributed by atoms with van der Waals surface area (Å²) in [4.78, 5) is 11.9. The molecule has 0 heterocycles. The van der Waals surface area contributed by atoms with Gasteiger partial charge in [0.1, 0.15) is 5.75 Å². The van der Waals surface area contributed by atoms with Crippen molar-refractivity contribution >= 4 is 5.91 Å². The lowest BCUT2D eigenvalue weighted by molar-refractivity contribution is 0.0938. The lowest BCUT2D eigenvalue weighted by Crippen LogP contribution is -2.32. The maximum absolute atomic E-state index is 11.9.